The Morgan fingerprint density at radius 2 is 1.88 bits per heavy atom. The van der Waals surface area contributed by atoms with Crippen molar-refractivity contribution in [3.8, 4) is 0 Å². The molecule has 5 nitrogen and oxygen atoms in total. The lowest BCUT2D eigenvalue weighted by Crippen LogP contribution is -2.17. The number of nitrogens with zero attached hydrogens (tertiary/aromatic N) is 3. The van der Waals surface area contributed by atoms with Crippen LogP contribution in [0.5, 0.6) is 0 Å². The van der Waals surface area contributed by atoms with E-state index in [1.54, 1.807) is 0 Å². The Balaban J connectivity index is 2.60. The summed E-state index contributed by atoms with van der Waals surface area (Å²) in [6.07, 6.45) is 2.78. The van der Waals surface area contributed by atoms with Gasteiger partial charge in [-0.15, -0.1) is 5.10 Å². The number of hydrogen-bond donors (Lipinski definition) is 2. The first-order chi connectivity index (χ1) is 8.21. The van der Waals surface area contributed by atoms with Gasteiger partial charge in [0.05, 0.1) is 11.4 Å². The molecule has 5 heteroatoms. The molecule has 0 saturated heterocycles. The van der Waals surface area contributed by atoms with Gasteiger partial charge < -0.3 is 11.1 Å². The van der Waals surface area contributed by atoms with Gasteiger partial charge in [0.15, 0.2) is 0 Å². The first-order valence-corrected chi connectivity index (χ1v) is 6.37. The fraction of sp³-hybridized carbons (Fsp3) is 0.750. The van der Waals surface area contributed by atoms with Crippen LogP contribution in [0.2, 0.25) is 0 Å². The van der Waals surface area contributed by atoms with Crippen LogP contribution in [0.4, 0.5) is 5.95 Å². The molecule has 0 radical (unpaired) electrons. The summed E-state index contributed by atoms with van der Waals surface area (Å²) in [6.45, 7) is 7.88. The molecule has 0 fully saturated rings. The fourth-order valence-corrected chi connectivity index (χ4v) is 1.67. The van der Waals surface area contributed by atoms with Crippen LogP contribution < -0.4 is 11.1 Å². The molecule has 96 valence electrons. The molecule has 1 rings (SSSR count). The van der Waals surface area contributed by atoms with Gasteiger partial charge in [0.2, 0.25) is 5.95 Å². The van der Waals surface area contributed by atoms with E-state index in [4.69, 9.17) is 5.73 Å². The van der Waals surface area contributed by atoms with E-state index in [0.29, 0.717) is 11.9 Å². The lowest BCUT2D eigenvalue weighted by Gasteiger charge is -2.12. The van der Waals surface area contributed by atoms with E-state index in [1.807, 2.05) is 0 Å². The molecule has 0 aliphatic heterocycles. The lowest BCUT2D eigenvalue weighted by molar-refractivity contribution is 0.565. The summed E-state index contributed by atoms with van der Waals surface area (Å²) in [5, 5.41) is 11.5. The third kappa shape index (κ3) is 4.26. The second-order valence-corrected chi connectivity index (χ2v) is 4.30. The monoisotopic (exact) mass is 237 g/mol. The molecule has 0 aliphatic rings. The van der Waals surface area contributed by atoms with Crippen molar-refractivity contribution in [2.75, 3.05) is 18.4 Å². The SMILES string of the molecule is CCc1nnc(NCC(C)CCN)nc1CC. The molecular formula is C12H23N5. The van der Waals surface area contributed by atoms with Gasteiger partial charge in [-0.3, -0.25) is 0 Å². The zero-order valence-corrected chi connectivity index (χ0v) is 11.0. The molecule has 0 spiro atoms. The van der Waals surface area contributed by atoms with E-state index in [2.05, 4.69) is 41.3 Å². The van der Waals surface area contributed by atoms with Crippen molar-refractivity contribution in [2.24, 2.45) is 11.7 Å². The molecule has 0 bridgehead atoms. The van der Waals surface area contributed by atoms with E-state index < -0.39 is 0 Å². The Kier molecular flexibility index (Phi) is 5.83. The Morgan fingerprint density at radius 1 is 1.18 bits per heavy atom. The van der Waals surface area contributed by atoms with Crippen LogP contribution in [0.25, 0.3) is 0 Å². The third-order valence-electron chi connectivity index (χ3n) is 2.78. The van der Waals surface area contributed by atoms with Gasteiger partial charge in [-0.25, -0.2) is 4.98 Å². The molecule has 3 N–H and O–H groups in total. The Hall–Kier alpha value is -1.23. The maximum Gasteiger partial charge on any atom is 0.242 e. The number of nitrogens with two attached hydrogens (primary N) is 1. The average Bonchev–Trinajstić information content (AvgIpc) is 2.36. The molecule has 1 atom stereocenters. The van der Waals surface area contributed by atoms with E-state index in [-0.39, 0.29) is 0 Å². The molecule has 1 unspecified atom stereocenters. The first-order valence-electron chi connectivity index (χ1n) is 6.37. The highest BCUT2D eigenvalue weighted by Crippen LogP contribution is 2.08. The molecular weight excluding hydrogens is 214 g/mol. The summed E-state index contributed by atoms with van der Waals surface area (Å²) in [4.78, 5) is 4.48. The minimum absolute atomic E-state index is 0.527. The van der Waals surface area contributed by atoms with Crippen LogP contribution in [0.3, 0.4) is 0 Å². The highest BCUT2D eigenvalue weighted by atomic mass is 15.2. The molecule has 17 heavy (non-hydrogen) atoms. The highest BCUT2D eigenvalue weighted by Gasteiger charge is 2.07. The van der Waals surface area contributed by atoms with Crippen molar-refractivity contribution in [1.82, 2.24) is 15.2 Å². The van der Waals surface area contributed by atoms with Gasteiger partial charge in [-0.05, 0) is 31.7 Å². The normalized spacial score (nSPS) is 12.5. The van der Waals surface area contributed by atoms with Gasteiger partial charge >= 0.3 is 0 Å². The van der Waals surface area contributed by atoms with Crippen molar-refractivity contribution in [2.45, 2.75) is 40.0 Å². The highest BCUT2D eigenvalue weighted by molar-refractivity contribution is 5.25. The average molecular weight is 237 g/mol. The largest absolute Gasteiger partial charge is 0.353 e. The summed E-state index contributed by atoms with van der Waals surface area (Å²) in [7, 11) is 0. The van der Waals surface area contributed by atoms with Gasteiger partial charge in [-0.1, -0.05) is 20.8 Å². The third-order valence-corrected chi connectivity index (χ3v) is 2.78. The van der Waals surface area contributed by atoms with Gasteiger partial charge in [0.25, 0.3) is 0 Å². The summed E-state index contributed by atoms with van der Waals surface area (Å²) < 4.78 is 0. The number of hydrogen-bond acceptors (Lipinski definition) is 5. The maximum absolute atomic E-state index is 5.51. The molecule has 1 heterocycles. The summed E-state index contributed by atoms with van der Waals surface area (Å²) in [5.41, 5.74) is 7.54. The van der Waals surface area contributed by atoms with E-state index in [9.17, 15) is 0 Å². The number of rotatable bonds is 7. The molecule has 0 aromatic carbocycles. The van der Waals surface area contributed by atoms with Crippen LogP contribution in [0.15, 0.2) is 0 Å². The van der Waals surface area contributed by atoms with E-state index >= 15 is 0 Å². The first kappa shape index (κ1) is 13.8. The zero-order valence-electron chi connectivity index (χ0n) is 11.0. The molecule has 0 saturated carbocycles. The quantitative estimate of drug-likeness (QED) is 0.749. The second kappa shape index (κ2) is 7.17. The van der Waals surface area contributed by atoms with Crippen LogP contribution in [0.1, 0.15) is 38.6 Å². The second-order valence-electron chi connectivity index (χ2n) is 4.30. The summed E-state index contributed by atoms with van der Waals surface area (Å²) >= 11 is 0. The maximum atomic E-state index is 5.51. The molecule has 1 aromatic heterocycles. The molecule has 0 amide bonds. The smallest absolute Gasteiger partial charge is 0.242 e. The molecule has 1 aromatic rings. The Morgan fingerprint density at radius 3 is 2.47 bits per heavy atom. The molecule has 0 aliphatic carbocycles. The predicted molar refractivity (Wildman–Crippen MR) is 69.9 cm³/mol. The van der Waals surface area contributed by atoms with E-state index in [1.165, 1.54) is 0 Å². The van der Waals surface area contributed by atoms with Crippen molar-refractivity contribution in [1.29, 1.82) is 0 Å². The fourth-order valence-electron chi connectivity index (χ4n) is 1.67. The number of aryl methyl sites for hydroxylation is 2. The van der Waals surface area contributed by atoms with Crippen molar-refractivity contribution >= 4 is 5.95 Å². The predicted octanol–water partition coefficient (Wildman–Crippen LogP) is 1.39. The van der Waals surface area contributed by atoms with Crippen molar-refractivity contribution < 1.29 is 0 Å². The van der Waals surface area contributed by atoms with E-state index in [0.717, 1.165) is 43.7 Å². The van der Waals surface area contributed by atoms with Gasteiger partial charge in [0.1, 0.15) is 0 Å². The summed E-state index contributed by atoms with van der Waals surface area (Å²) in [6, 6.07) is 0. The Labute approximate surface area is 103 Å². The summed E-state index contributed by atoms with van der Waals surface area (Å²) in [5.74, 6) is 1.16. The topological polar surface area (TPSA) is 76.7 Å². The van der Waals surface area contributed by atoms with Crippen LogP contribution >= 0.6 is 0 Å². The number of nitrogens with one attached hydrogen (secondary N) is 1. The van der Waals surface area contributed by atoms with Crippen LogP contribution in [-0.2, 0) is 12.8 Å². The van der Waals surface area contributed by atoms with Gasteiger partial charge in [-0.2, -0.15) is 5.10 Å². The van der Waals surface area contributed by atoms with Crippen LogP contribution in [0, 0.1) is 5.92 Å². The van der Waals surface area contributed by atoms with Gasteiger partial charge in [0, 0.05) is 6.54 Å². The Bertz CT molecular complexity index is 340. The van der Waals surface area contributed by atoms with Crippen LogP contribution in [-0.4, -0.2) is 28.3 Å². The number of anilines is 1. The zero-order chi connectivity index (χ0) is 12.7. The minimum atomic E-state index is 0.527. The minimum Gasteiger partial charge on any atom is -0.353 e. The standard InChI is InChI=1S/C12H23N5/c1-4-10-11(5-2)16-17-12(15-10)14-8-9(3)6-7-13/h9H,4-8,13H2,1-3H3,(H,14,15,17). The lowest BCUT2D eigenvalue weighted by atomic mass is 10.1. The van der Waals surface area contributed by atoms with Crippen molar-refractivity contribution in [3.63, 3.8) is 0 Å². The van der Waals surface area contributed by atoms with Crippen molar-refractivity contribution in [3.05, 3.63) is 11.4 Å². The number of aromatic nitrogens is 3.